The smallest absolute Gasteiger partial charge is 0.227 e. The van der Waals surface area contributed by atoms with E-state index in [1.165, 1.54) is 0 Å². The van der Waals surface area contributed by atoms with Gasteiger partial charge < -0.3 is 9.52 Å². The van der Waals surface area contributed by atoms with E-state index < -0.39 is 0 Å². The molecular formula is C17H25N3O2S. The number of oxazole rings is 1. The number of aliphatic hydroxyl groups excluding tert-OH is 1. The van der Waals surface area contributed by atoms with Crippen molar-refractivity contribution in [1.82, 2.24) is 14.8 Å². The van der Waals surface area contributed by atoms with Crippen molar-refractivity contribution in [2.24, 2.45) is 0 Å². The Balaban J connectivity index is 1.62. The second-order valence-corrected chi connectivity index (χ2v) is 7.24. The van der Waals surface area contributed by atoms with Gasteiger partial charge in [-0.3, -0.25) is 9.80 Å². The summed E-state index contributed by atoms with van der Waals surface area (Å²) in [6.07, 6.45) is -0.269. The van der Waals surface area contributed by atoms with Crippen molar-refractivity contribution in [3.05, 3.63) is 28.3 Å². The molecule has 0 aromatic carbocycles. The van der Waals surface area contributed by atoms with Gasteiger partial charge in [0.25, 0.3) is 0 Å². The molecule has 0 spiro atoms. The molecule has 126 valence electrons. The molecule has 0 amide bonds. The molecule has 1 aliphatic rings. The Kier molecular flexibility index (Phi) is 5.16. The molecule has 1 fully saturated rings. The van der Waals surface area contributed by atoms with Crippen molar-refractivity contribution in [2.45, 2.75) is 39.5 Å². The molecule has 2 aromatic rings. The van der Waals surface area contributed by atoms with E-state index in [9.17, 15) is 5.11 Å². The maximum absolute atomic E-state index is 9.58. The van der Waals surface area contributed by atoms with Gasteiger partial charge in [0.1, 0.15) is 5.76 Å². The molecule has 0 radical (unpaired) electrons. The van der Waals surface area contributed by atoms with E-state index in [0.717, 1.165) is 55.6 Å². The van der Waals surface area contributed by atoms with E-state index in [1.807, 2.05) is 25.3 Å². The number of hydrogen-bond donors (Lipinski definition) is 1. The molecule has 3 heterocycles. The fourth-order valence-corrected chi connectivity index (χ4v) is 3.75. The highest BCUT2D eigenvalue weighted by molar-refractivity contribution is 7.08. The predicted molar refractivity (Wildman–Crippen MR) is 92.5 cm³/mol. The molecule has 23 heavy (non-hydrogen) atoms. The normalized spacial score (nSPS) is 21.7. The van der Waals surface area contributed by atoms with Crippen LogP contribution in [0.3, 0.4) is 0 Å². The predicted octanol–water partition coefficient (Wildman–Crippen LogP) is 2.60. The zero-order valence-electron chi connectivity index (χ0n) is 14.0. The van der Waals surface area contributed by atoms with Crippen LogP contribution in [0, 0.1) is 6.92 Å². The van der Waals surface area contributed by atoms with Crippen LogP contribution in [0.4, 0.5) is 0 Å². The van der Waals surface area contributed by atoms with E-state index in [0.29, 0.717) is 6.04 Å². The van der Waals surface area contributed by atoms with Gasteiger partial charge in [0.15, 0.2) is 0 Å². The largest absolute Gasteiger partial charge is 0.441 e. The number of aromatic nitrogens is 1. The monoisotopic (exact) mass is 335 g/mol. The lowest BCUT2D eigenvalue weighted by Crippen LogP contribution is -2.53. The third-order valence-electron chi connectivity index (χ3n) is 4.38. The summed E-state index contributed by atoms with van der Waals surface area (Å²) >= 11 is 1.65. The molecule has 3 rings (SSSR count). The zero-order valence-corrected chi connectivity index (χ0v) is 14.8. The summed E-state index contributed by atoms with van der Waals surface area (Å²) in [6.45, 7) is 10.6. The molecule has 6 heteroatoms. The maximum Gasteiger partial charge on any atom is 0.227 e. The molecule has 2 aromatic heterocycles. The third-order valence-corrected chi connectivity index (χ3v) is 5.07. The Morgan fingerprint density at radius 2 is 2.30 bits per heavy atom. The molecule has 5 nitrogen and oxygen atoms in total. The van der Waals surface area contributed by atoms with Gasteiger partial charge in [-0.15, -0.1) is 0 Å². The highest BCUT2D eigenvalue weighted by Crippen LogP contribution is 2.25. The molecule has 0 saturated carbocycles. The zero-order chi connectivity index (χ0) is 16.4. The van der Waals surface area contributed by atoms with Crippen LogP contribution in [0.5, 0.6) is 0 Å². The average molecular weight is 335 g/mol. The summed E-state index contributed by atoms with van der Waals surface area (Å²) in [4.78, 5) is 9.46. The van der Waals surface area contributed by atoms with Crippen molar-refractivity contribution in [2.75, 3.05) is 26.2 Å². The van der Waals surface area contributed by atoms with Gasteiger partial charge in [0, 0.05) is 49.7 Å². The fraction of sp³-hybridized carbons (Fsp3) is 0.588. The lowest BCUT2D eigenvalue weighted by atomic mass is 10.1. The lowest BCUT2D eigenvalue weighted by molar-refractivity contribution is 0.0417. The standard InChI is InChI=1S/C17H25N3O2S/c1-12-8-19(5-6-20(12)9-13(2)21)10-16-14(3)22-17(18-16)15-4-7-23-11-15/h4,7,11-13,21H,5-6,8-10H2,1-3H3/t12-,13+/m1/s1. The van der Waals surface area contributed by atoms with Crippen molar-refractivity contribution < 1.29 is 9.52 Å². The maximum atomic E-state index is 9.58. The van der Waals surface area contributed by atoms with E-state index in [1.54, 1.807) is 11.3 Å². The second kappa shape index (κ2) is 7.13. The molecule has 1 aliphatic heterocycles. The molecule has 1 saturated heterocycles. The van der Waals surface area contributed by atoms with Gasteiger partial charge in [-0.05, 0) is 32.2 Å². The molecule has 2 atom stereocenters. The van der Waals surface area contributed by atoms with Crippen LogP contribution in [-0.4, -0.2) is 58.2 Å². The molecule has 0 aliphatic carbocycles. The van der Waals surface area contributed by atoms with Gasteiger partial charge in [-0.25, -0.2) is 4.98 Å². The summed E-state index contributed by atoms with van der Waals surface area (Å²) in [5, 5.41) is 13.7. The SMILES string of the molecule is Cc1oc(-c2ccsc2)nc1CN1CCN(C[C@H](C)O)[C@H](C)C1. The minimum atomic E-state index is -0.269. The first kappa shape index (κ1) is 16.6. The van der Waals surface area contributed by atoms with Crippen LogP contribution in [-0.2, 0) is 6.54 Å². The number of aliphatic hydroxyl groups is 1. The summed E-state index contributed by atoms with van der Waals surface area (Å²) in [6, 6.07) is 2.48. The Labute approximate surface area is 141 Å². The van der Waals surface area contributed by atoms with Crippen LogP contribution in [0.2, 0.25) is 0 Å². The number of thiophene rings is 1. The number of β-amino-alcohol motifs (C(OH)–C–C–N with tert-alkyl or cyclic N) is 1. The van der Waals surface area contributed by atoms with Gasteiger partial charge in [0.05, 0.1) is 11.8 Å². The van der Waals surface area contributed by atoms with Crippen LogP contribution >= 0.6 is 11.3 Å². The molecule has 0 bridgehead atoms. The number of piperazine rings is 1. The van der Waals surface area contributed by atoms with Crippen LogP contribution in [0.25, 0.3) is 11.5 Å². The minimum Gasteiger partial charge on any atom is -0.441 e. The summed E-state index contributed by atoms with van der Waals surface area (Å²) in [5.74, 6) is 1.63. The van der Waals surface area contributed by atoms with E-state index >= 15 is 0 Å². The molecular weight excluding hydrogens is 310 g/mol. The Morgan fingerprint density at radius 1 is 1.48 bits per heavy atom. The first-order valence-electron chi connectivity index (χ1n) is 8.16. The first-order chi connectivity index (χ1) is 11.0. The first-order valence-corrected chi connectivity index (χ1v) is 9.10. The number of aryl methyl sites for hydroxylation is 1. The Bertz CT molecular complexity index is 624. The van der Waals surface area contributed by atoms with Crippen molar-refractivity contribution >= 4 is 11.3 Å². The van der Waals surface area contributed by atoms with E-state index in [4.69, 9.17) is 4.42 Å². The fourth-order valence-electron chi connectivity index (χ4n) is 3.12. The van der Waals surface area contributed by atoms with E-state index in [2.05, 4.69) is 27.1 Å². The van der Waals surface area contributed by atoms with Gasteiger partial charge in [0.2, 0.25) is 5.89 Å². The number of nitrogens with zero attached hydrogens (tertiary/aromatic N) is 3. The van der Waals surface area contributed by atoms with Crippen molar-refractivity contribution in [1.29, 1.82) is 0 Å². The van der Waals surface area contributed by atoms with Crippen LogP contribution in [0.1, 0.15) is 25.3 Å². The number of hydrogen-bond acceptors (Lipinski definition) is 6. The summed E-state index contributed by atoms with van der Waals surface area (Å²) in [7, 11) is 0. The van der Waals surface area contributed by atoms with Gasteiger partial charge in [-0.2, -0.15) is 11.3 Å². The third kappa shape index (κ3) is 4.01. The van der Waals surface area contributed by atoms with Crippen molar-refractivity contribution in [3.63, 3.8) is 0 Å². The second-order valence-electron chi connectivity index (χ2n) is 6.46. The van der Waals surface area contributed by atoms with Crippen LogP contribution in [0.15, 0.2) is 21.2 Å². The van der Waals surface area contributed by atoms with Gasteiger partial charge >= 0.3 is 0 Å². The van der Waals surface area contributed by atoms with Crippen molar-refractivity contribution in [3.8, 4) is 11.5 Å². The van der Waals surface area contributed by atoms with Gasteiger partial charge in [-0.1, -0.05) is 0 Å². The lowest BCUT2D eigenvalue weighted by Gasteiger charge is -2.40. The molecule has 0 unspecified atom stereocenters. The minimum absolute atomic E-state index is 0.269. The highest BCUT2D eigenvalue weighted by atomic mass is 32.1. The highest BCUT2D eigenvalue weighted by Gasteiger charge is 2.25. The summed E-state index contributed by atoms with van der Waals surface area (Å²) in [5.41, 5.74) is 2.09. The Morgan fingerprint density at radius 3 is 2.96 bits per heavy atom. The Hall–Kier alpha value is -1.21. The quantitative estimate of drug-likeness (QED) is 0.910. The molecule has 1 N–H and O–H groups in total. The topological polar surface area (TPSA) is 52.7 Å². The number of rotatable bonds is 5. The van der Waals surface area contributed by atoms with Crippen LogP contribution < -0.4 is 0 Å². The summed E-state index contributed by atoms with van der Waals surface area (Å²) < 4.78 is 5.83. The van der Waals surface area contributed by atoms with E-state index in [-0.39, 0.29) is 6.10 Å². The average Bonchev–Trinajstić information content (AvgIpc) is 3.12.